The quantitative estimate of drug-likeness (QED) is 0.520. The number of aliphatic hydroxyl groups excluding tert-OH is 2. The molecule has 3 aromatic heterocycles. The number of rotatable bonds is 4. The molecular weight excluding hydrogens is 366 g/mol. The van der Waals surface area contributed by atoms with Crippen LogP contribution in [0.3, 0.4) is 0 Å². The Morgan fingerprint density at radius 3 is 2.93 bits per heavy atom. The number of aliphatic hydroxyl groups is 2. The lowest BCUT2D eigenvalue weighted by atomic mass is 10.2. The van der Waals surface area contributed by atoms with Gasteiger partial charge in [-0.2, -0.15) is 0 Å². The summed E-state index contributed by atoms with van der Waals surface area (Å²) in [5.74, 6) is 6.95. The topological polar surface area (TPSA) is 106 Å². The lowest BCUT2D eigenvalue weighted by molar-refractivity contribution is -0.0153. The number of hydrogen-bond acceptors (Lipinski definition) is 8. The number of fused-ring (bicyclic) bond motifs is 1. The van der Waals surface area contributed by atoms with Crippen LogP contribution in [0.5, 0.6) is 0 Å². The first-order valence-electron chi connectivity index (χ1n) is 8.80. The van der Waals surface area contributed by atoms with E-state index in [1.54, 1.807) is 17.0 Å². The second-order valence-electron chi connectivity index (χ2n) is 6.23. The number of aromatic nitrogens is 5. The highest BCUT2D eigenvalue weighted by molar-refractivity contribution is 7.13. The van der Waals surface area contributed by atoms with Crippen molar-refractivity contribution < 1.29 is 14.9 Å². The summed E-state index contributed by atoms with van der Waals surface area (Å²) in [5.41, 5.74) is 1.05. The summed E-state index contributed by atoms with van der Waals surface area (Å²) >= 11 is 1.42. The van der Waals surface area contributed by atoms with E-state index in [-0.39, 0.29) is 6.61 Å². The first-order chi connectivity index (χ1) is 13.2. The second kappa shape index (κ2) is 7.70. The van der Waals surface area contributed by atoms with E-state index in [1.165, 1.54) is 11.3 Å². The van der Waals surface area contributed by atoms with Gasteiger partial charge in [0.15, 0.2) is 22.7 Å². The molecule has 3 atom stereocenters. The molecule has 140 valence electrons. The molecule has 3 aromatic rings. The SMILES string of the molecule is CCCCC#Cc1ncc2nc(-c3nccs3)n([C@@H]3OC[C@@H](O)[C@H]3O)c2n1. The zero-order valence-electron chi connectivity index (χ0n) is 14.7. The number of unbranched alkanes of at least 4 members (excludes halogenated alkanes) is 2. The maximum absolute atomic E-state index is 10.4. The minimum absolute atomic E-state index is 0.0393. The van der Waals surface area contributed by atoms with Gasteiger partial charge in [-0.3, -0.25) is 4.57 Å². The fourth-order valence-electron chi connectivity index (χ4n) is 2.90. The van der Waals surface area contributed by atoms with Crippen molar-refractivity contribution in [1.82, 2.24) is 24.5 Å². The van der Waals surface area contributed by atoms with Crippen molar-refractivity contribution in [2.75, 3.05) is 6.61 Å². The van der Waals surface area contributed by atoms with E-state index in [1.807, 2.05) is 5.38 Å². The Morgan fingerprint density at radius 2 is 2.22 bits per heavy atom. The summed E-state index contributed by atoms with van der Waals surface area (Å²) in [7, 11) is 0. The van der Waals surface area contributed by atoms with Crippen LogP contribution < -0.4 is 0 Å². The lowest BCUT2D eigenvalue weighted by Crippen LogP contribution is -2.28. The Labute approximate surface area is 159 Å². The van der Waals surface area contributed by atoms with Crippen molar-refractivity contribution in [2.45, 2.75) is 44.6 Å². The molecule has 1 saturated heterocycles. The number of hydrogen-bond donors (Lipinski definition) is 2. The number of nitrogens with zero attached hydrogens (tertiary/aromatic N) is 5. The van der Waals surface area contributed by atoms with Crippen LogP contribution in [0.4, 0.5) is 0 Å². The Hall–Kier alpha value is -2.38. The molecule has 1 aliphatic rings. The van der Waals surface area contributed by atoms with Crippen LogP contribution >= 0.6 is 11.3 Å². The van der Waals surface area contributed by atoms with Crippen molar-refractivity contribution in [2.24, 2.45) is 0 Å². The van der Waals surface area contributed by atoms with Gasteiger partial charge in [0.1, 0.15) is 17.7 Å². The third-order valence-electron chi connectivity index (χ3n) is 4.29. The normalized spacial score (nSPS) is 22.1. The molecular formula is C18H19N5O3S. The molecule has 9 heteroatoms. The van der Waals surface area contributed by atoms with E-state index in [2.05, 4.69) is 38.7 Å². The second-order valence-corrected chi connectivity index (χ2v) is 7.13. The molecule has 27 heavy (non-hydrogen) atoms. The van der Waals surface area contributed by atoms with E-state index in [9.17, 15) is 10.2 Å². The van der Waals surface area contributed by atoms with E-state index in [4.69, 9.17) is 4.74 Å². The summed E-state index contributed by atoms with van der Waals surface area (Å²) in [6, 6.07) is 0. The number of imidazole rings is 1. The third kappa shape index (κ3) is 3.44. The highest BCUT2D eigenvalue weighted by atomic mass is 32.1. The van der Waals surface area contributed by atoms with Crippen molar-refractivity contribution in [3.8, 4) is 22.7 Å². The van der Waals surface area contributed by atoms with Gasteiger partial charge in [0, 0.05) is 18.0 Å². The van der Waals surface area contributed by atoms with Crippen LogP contribution in [0.15, 0.2) is 17.8 Å². The fourth-order valence-corrected chi connectivity index (χ4v) is 3.52. The average Bonchev–Trinajstić information content (AvgIpc) is 3.39. The Kier molecular flexibility index (Phi) is 5.13. The summed E-state index contributed by atoms with van der Waals surface area (Å²) < 4.78 is 7.30. The highest BCUT2D eigenvalue weighted by Crippen LogP contribution is 2.33. The molecule has 8 nitrogen and oxygen atoms in total. The van der Waals surface area contributed by atoms with Crippen LogP contribution in [0, 0.1) is 11.8 Å². The van der Waals surface area contributed by atoms with Gasteiger partial charge < -0.3 is 14.9 Å². The maximum Gasteiger partial charge on any atom is 0.206 e. The summed E-state index contributed by atoms with van der Waals surface area (Å²) in [5, 5.41) is 22.8. The van der Waals surface area contributed by atoms with Gasteiger partial charge in [0.05, 0.1) is 12.8 Å². The molecule has 0 spiro atoms. The Bertz CT molecular complexity index is 992. The number of ether oxygens (including phenoxy) is 1. The Balaban J connectivity index is 1.82. The minimum Gasteiger partial charge on any atom is -0.388 e. The predicted molar refractivity (Wildman–Crippen MR) is 99.8 cm³/mol. The van der Waals surface area contributed by atoms with Crippen molar-refractivity contribution in [3.05, 3.63) is 23.6 Å². The molecule has 0 bridgehead atoms. The molecule has 4 rings (SSSR count). The summed E-state index contributed by atoms with van der Waals surface area (Å²) in [6.45, 7) is 2.15. The first-order valence-corrected chi connectivity index (χ1v) is 9.68. The molecule has 1 aliphatic heterocycles. The molecule has 1 fully saturated rings. The average molecular weight is 385 g/mol. The van der Waals surface area contributed by atoms with Crippen LogP contribution in [0.25, 0.3) is 22.0 Å². The molecule has 0 saturated carbocycles. The van der Waals surface area contributed by atoms with Gasteiger partial charge in [0.2, 0.25) is 5.82 Å². The standard InChI is InChI=1S/C18H19N5O3S/c1-2-3-4-5-6-13-20-9-11-15(22-13)23(18-14(25)12(24)10-26-18)16(21-11)17-19-7-8-27-17/h7-9,12,14,18,24-25H,2-4,10H2,1H3/t12-,14-,18-/m1/s1. The van der Waals surface area contributed by atoms with Crippen molar-refractivity contribution in [1.29, 1.82) is 0 Å². The zero-order valence-corrected chi connectivity index (χ0v) is 15.6. The van der Waals surface area contributed by atoms with Gasteiger partial charge in [0.25, 0.3) is 0 Å². The molecule has 0 radical (unpaired) electrons. The largest absolute Gasteiger partial charge is 0.388 e. The van der Waals surface area contributed by atoms with Crippen molar-refractivity contribution >= 4 is 22.5 Å². The Morgan fingerprint density at radius 1 is 1.33 bits per heavy atom. The van der Waals surface area contributed by atoms with Gasteiger partial charge >= 0.3 is 0 Å². The molecule has 2 N–H and O–H groups in total. The number of thiazole rings is 1. The van der Waals surface area contributed by atoms with Crippen LogP contribution in [-0.2, 0) is 4.74 Å². The maximum atomic E-state index is 10.4. The first kappa shape index (κ1) is 18.0. The van der Waals surface area contributed by atoms with Gasteiger partial charge in [-0.15, -0.1) is 11.3 Å². The smallest absolute Gasteiger partial charge is 0.206 e. The van der Waals surface area contributed by atoms with Gasteiger partial charge in [-0.25, -0.2) is 19.9 Å². The van der Waals surface area contributed by atoms with E-state index < -0.39 is 18.4 Å². The minimum atomic E-state index is -1.09. The van der Waals surface area contributed by atoms with Crippen LogP contribution in [0.1, 0.15) is 38.2 Å². The van der Waals surface area contributed by atoms with E-state index >= 15 is 0 Å². The van der Waals surface area contributed by atoms with Crippen molar-refractivity contribution in [3.63, 3.8) is 0 Å². The summed E-state index contributed by atoms with van der Waals surface area (Å²) in [4.78, 5) is 17.7. The van der Waals surface area contributed by atoms with E-state index in [0.29, 0.717) is 27.8 Å². The molecule has 0 amide bonds. The fraction of sp³-hybridized carbons (Fsp3) is 0.444. The molecule has 0 aliphatic carbocycles. The zero-order chi connectivity index (χ0) is 18.8. The van der Waals surface area contributed by atoms with Crippen LogP contribution in [-0.4, -0.2) is 53.5 Å². The van der Waals surface area contributed by atoms with Gasteiger partial charge in [-0.05, 0) is 12.3 Å². The van der Waals surface area contributed by atoms with E-state index in [0.717, 1.165) is 19.3 Å². The monoisotopic (exact) mass is 385 g/mol. The highest BCUT2D eigenvalue weighted by Gasteiger charge is 2.38. The van der Waals surface area contributed by atoms with Crippen LogP contribution in [0.2, 0.25) is 0 Å². The molecule has 4 heterocycles. The van der Waals surface area contributed by atoms with Gasteiger partial charge in [-0.1, -0.05) is 19.3 Å². The predicted octanol–water partition coefficient (Wildman–Crippen LogP) is 1.74. The molecule has 0 aromatic carbocycles. The lowest BCUT2D eigenvalue weighted by Gasteiger charge is -2.18. The third-order valence-corrected chi connectivity index (χ3v) is 5.06. The molecule has 0 unspecified atom stereocenters. The summed E-state index contributed by atoms with van der Waals surface area (Å²) in [6.07, 6.45) is 3.33.